The quantitative estimate of drug-likeness (QED) is 0.0828. The maximum Gasteiger partial charge on any atom is 0.146 e. The van der Waals surface area contributed by atoms with Crippen molar-refractivity contribution >= 4 is 59.4 Å². The zero-order valence-electron chi connectivity index (χ0n) is 34.7. The first-order valence-corrected chi connectivity index (χ1v) is 32.0. The van der Waals surface area contributed by atoms with Gasteiger partial charge in [-0.05, 0) is 50.3 Å². The Morgan fingerprint density at radius 2 is 0.942 bits per heavy atom. The van der Waals surface area contributed by atoms with Crippen LogP contribution in [0, 0.1) is 0 Å². The van der Waals surface area contributed by atoms with Crippen LogP contribution in [-0.2, 0) is 55.8 Å². The van der Waals surface area contributed by atoms with Gasteiger partial charge in [0, 0.05) is 85.9 Å². The number of thioether (sulfide) groups is 1. The van der Waals surface area contributed by atoms with Crippen molar-refractivity contribution in [1.29, 1.82) is 0 Å². The summed E-state index contributed by atoms with van der Waals surface area (Å²) < 4.78 is 51.6. The zero-order chi connectivity index (χ0) is 39.4. The molecule has 0 spiro atoms. The summed E-state index contributed by atoms with van der Waals surface area (Å²) in [5.74, 6) is 1.74. The van der Waals surface area contributed by atoms with Crippen LogP contribution in [0.4, 0.5) is 0 Å². The van der Waals surface area contributed by atoms with E-state index in [4.69, 9.17) is 42.6 Å². The molecule has 0 unspecified atom stereocenters. The van der Waals surface area contributed by atoms with Crippen molar-refractivity contribution in [1.82, 2.24) is 0 Å². The highest BCUT2D eigenvalue weighted by atomic mass is 32.2. The van der Waals surface area contributed by atoms with Crippen molar-refractivity contribution in [2.45, 2.75) is 72.3 Å². The van der Waals surface area contributed by atoms with Crippen LogP contribution in [0.15, 0.2) is 54.6 Å². The van der Waals surface area contributed by atoms with E-state index in [2.05, 4.69) is 55.9 Å². The summed E-state index contributed by atoms with van der Waals surface area (Å²) in [5.41, 5.74) is 2.27. The molecular weight excluding hydrogens is 765 g/mol. The molecule has 0 amide bonds. The average Bonchev–Trinajstić information content (AvgIpc) is 3.15. The summed E-state index contributed by atoms with van der Waals surface area (Å²) in [6.07, 6.45) is 6.76. The van der Waals surface area contributed by atoms with Crippen molar-refractivity contribution in [3.8, 4) is 5.75 Å². The van der Waals surface area contributed by atoms with Gasteiger partial charge in [-0.15, -0.1) is 11.8 Å². The first-order chi connectivity index (χ1) is 25.2. The summed E-state index contributed by atoms with van der Waals surface area (Å²) in [4.78, 5) is 0. The number of ether oxygens (including phenoxy) is 10. The van der Waals surface area contributed by atoms with Gasteiger partial charge in [0.15, 0.2) is 0 Å². The molecule has 0 atom stereocenters. The van der Waals surface area contributed by atoms with Gasteiger partial charge >= 0.3 is 0 Å². The fourth-order valence-corrected chi connectivity index (χ4v) is 5.69. The van der Waals surface area contributed by atoms with Gasteiger partial charge in [-0.2, -0.15) is 0 Å². The van der Waals surface area contributed by atoms with Crippen LogP contribution in [0.5, 0.6) is 5.75 Å². The summed E-state index contributed by atoms with van der Waals surface area (Å²) in [5, 5.41) is 0. The van der Waals surface area contributed by atoms with E-state index in [9.17, 15) is 0 Å². The molecule has 0 heterocycles. The van der Waals surface area contributed by atoms with Gasteiger partial charge in [-0.25, -0.2) is 0 Å². The van der Waals surface area contributed by atoms with Gasteiger partial charge in [-0.3, -0.25) is 0 Å². The first kappa shape index (κ1) is 55.7. The van der Waals surface area contributed by atoms with Crippen LogP contribution < -0.4 is 4.74 Å². The molecule has 2 aromatic carbocycles. The molecule has 16 heteroatoms. The van der Waals surface area contributed by atoms with Gasteiger partial charge in [0.2, 0.25) is 0 Å². The minimum Gasteiger partial charge on any atom is -0.497 e. The molecule has 0 fully saturated rings. The Morgan fingerprint density at radius 1 is 0.519 bits per heavy atom. The van der Waals surface area contributed by atoms with Crippen molar-refractivity contribution in [3.05, 3.63) is 65.7 Å². The normalized spacial score (nSPS) is 11.5. The molecule has 0 radical (unpaired) electrons. The van der Waals surface area contributed by atoms with Gasteiger partial charge in [-0.1, -0.05) is 75.2 Å². The second kappa shape index (κ2) is 46.5. The Balaban J connectivity index is -0.000000598. The molecule has 2 aromatic rings. The molecule has 306 valence electrons. The average molecular weight is 841 g/mol. The van der Waals surface area contributed by atoms with Gasteiger partial charge in [0.25, 0.3) is 0 Å². The van der Waals surface area contributed by atoms with E-state index >= 15 is 0 Å². The Kier molecular flexibility index (Phi) is 49.7. The second-order valence-corrected chi connectivity index (χ2v) is 19.8. The molecule has 52 heavy (non-hydrogen) atoms. The van der Waals surface area contributed by atoms with E-state index in [0.717, 1.165) is 48.4 Å². The molecule has 0 aliphatic rings. The Labute approximate surface area is 333 Å². The van der Waals surface area contributed by atoms with E-state index < -0.39 is 0 Å². The van der Waals surface area contributed by atoms with Gasteiger partial charge in [0.1, 0.15) is 32.9 Å². The number of benzene rings is 2. The second-order valence-electron chi connectivity index (χ2n) is 12.0. The molecule has 0 aliphatic carbocycles. The fraction of sp³-hybridized carbons (Fsp3) is 0.667. The third-order valence-electron chi connectivity index (χ3n) is 5.59. The van der Waals surface area contributed by atoms with E-state index in [1.54, 1.807) is 26.0 Å². The Hall–Kier alpha value is -0.686. The number of methoxy groups -OCH3 is 2. The molecule has 0 aromatic heterocycles. The predicted molar refractivity (Wildman–Crippen MR) is 237 cm³/mol. The minimum atomic E-state index is -0.0602. The first-order valence-electron chi connectivity index (χ1n) is 18.5. The summed E-state index contributed by atoms with van der Waals surface area (Å²) in [6, 6.07) is 18.0. The topological polar surface area (TPSA) is 92.3 Å². The van der Waals surface area contributed by atoms with Crippen LogP contribution in [0.1, 0.15) is 31.9 Å². The van der Waals surface area contributed by atoms with Crippen molar-refractivity contribution in [2.75, 3.05) is 84.7 Å². The van der Waals surface area contributed by atoms with Crippen molar-refractivity contribution in [3.63, 3.8) is 0 Å². The molecule has 0 bridgehead atoms. The third kappa shape index (κ3) is 49.3. The van der Waals surface area contributed by atoms with Crippen LogP contribution in [0.25, 0.3) is 0 Å². The number of hydrogen-bond donors (Lipinski definition) is 0. The molecule has 2 rings (SSSR count). The predicted octanol–water partition coefficient (Wildman–Crippen LogP) is 3.94. The van der Waals surface area contributed by atoms with Crippen LogP contribution in [0.2, 0.25) is 32.7 Å². The standard InChI is InChI=1S/C11H18O3Si.C10H16O2Si.C7H18O2Si.C4H12O2Si.C4H12OSSi/c1-12-11-5-3-10(4-6-11)7-13-8-14-9-15-2;1-13-9-12-8-11-7-10-5-3-2-4-6-10;1-7(2,3)9-5-8-6-10-4;1-5-3-6-4-7-2;1-6-3-5-4-7-2/h3-6H,7-9,15H2,1-2H3;2-6H,7-9,13H2,1H3;5-6,10H2,1-4H3;2*3-4,7H2,1-2H3. The largest absolute Gasteiger partial charge is 0.497 e. The van der Waals surface area contributed by atoms with Gasteiger partial charge < -0.3 is 47.4 Å². The third-order valence-corrected chi connectivity index (χ3v) is 9.48. The molecule has 0 saturated heterocycles. The lowest BCUT2D eigenvalue weighted by molar-refractivity contribution is -0.110. The molecule has 0 aliphatic heterocycles. The Bertz CT molecular complexity index is 903. The lowest BCUT2D eigenvalue weighted by Crippen LogP contribution is -2.21. The smallest absolute Gasteiger partial charge is 0.146 e. The monoisotopic (exact) mass is 840 g/mol. The highest BCUT2D eigenvalue weighted by molar-refractivity contribution is 7.98. The van der Waals surface area contributed by atoms with Crippen LogP contribution >= 0.6 is 11.8 Å². The lowest BCUT2D eigenvalue weighted by Gasteiger charge is -2.18. The number of rotatable bonds is 25. The molecule has 10 nitrogen and oxygen atoms in total. The summed E-state index contributed by atoms with van der Waals surface area (Å²) in [7, 11) is 3.61. The van der Waals surface area contributed by atoms with Crippen LogP contribution in [0.3, 0.4) is 0 Å². The van der Waals surface area contributed by atoms with E-state index in [1.807, 2.05) is 63.2 Å². The lowest BCUT2D eigenvalue weighted by atomic mass is 10.2. The maximum absolute atomic E-state index is 5.35. The van der Waals surface area contributed by atoms with Crippen molar-refractivity contribution < 1.29 is 47.4 Å². The zero-order valence-corrected chi connectivity index (χ0v) is 42.6. The maximum atomic E-state index is 5.35. The molecule has 0 saturated carbocycles. The SMILES string of the molecule is COCOC[SiH2]C.COc1ccc(COCOC[SiH2]C)cc1.C[SiH2]COCOC(C)(C)C.C[SiH2]COCOCc1ccccc1.C[SiH2]COCSC. The van der Waals surface area contributed by atoms with E-state index in [-0.39, 0.29) is 53.2 Å². The minimum absolute atomic E-state index is 0.00412. The number of hydrogen-bond acceptors (Lipinski definition) is 11. The summed E-state index contributed by atoms with van der Waals surface area (Å²) in [6.45, 7) is 20.2. The van der Waals surface area contributed by atoms with E-state index in [1.165, 1.54) is 5.56 Å². The van der Waals surface area contributed by atoms with Crippen molar-refractivity contribution in [2.24, 2.45) is 0 Å². The molecule has 0 N–H and O–H groups in total. The fourth-order valence-electron chi connectivity index (χ4n) is 3.13. The van der Waals surface area contributed by atoms with Crippen LogP contribution in [-0.4, -0.2) is 138 Å². The highest BCUT2D eigenvalue weighted by Crippen LogP contribution is 2.11. The van der Waals surface area contributed by atoms with Gasteiger partial charge in [0.05, 0.1) is 31.9 Å². The molecular formula is C36H76O10SSi5. The highest BCUT2D eigenvalue weighted by Gasteiger charge is 2.08. The van der Waals surface area contributed by atoms with E-state index in [0.29, 0.717) is 40.4 Å². The Morgan fingerprint density at radius 3 is 1.35 bits per heavy atom. The summed E-state index contributed by atoms with van der Waals surface area (Å²) >= 11 is 1.74.